The summed E-state index contributed by atoms with van der Waals surface area (Å²) in [6, 6.07) is -3.80. The fourth-order valence-corrected chi connectivity index (χ4v) is 9.01. The Kier molecular flexibility index (Phi) is 40.4. The molecular weight excluding hydrogens is 1140 g/mol. The Bertz CT molecular complexity index is 2010. The quantitative estimate of drug-likeness (QED) is 0.0137. The molecule has 11 N–H and O–H groups in total. The van der Waals surface area contributed by atoms with Gasteiger partial charge in [0.05, 0.1) is 0 Å². The second-order valence-electron chi connectivity index (χ2n) is 19.4. The average molecular weight is 1220 g/mol. The maximum Gasteiger partial charge on any atom is 0.471 e. The van der Waals surface area contributed by atoms with Gasteiger partial charge in [-0.3, -0.25) is 43.2 Å². The molecule has 0 saturated carbocycles. The Morgan fingerprint density at radius 1 is 0.566 bits per heavy atom. The summed E-state index contributed by atoms with van der Waals surface area (Å²) in [7, 11) is -1.46. The number of halogens is 6. The van der Waals surface area contributed by atoms with Crippen LogP contribution in [0.5, 0.6) is 0 Å². The Morgan fingerprint density at radius 3 is 1.43 bits per heavy atom. The Hall–Kier alpha value is -5.44. The van der Waals surface area contributed by atoms with Crippen molar-refractivity contribution in [2.75, 3.05) is 45.1 Å². The van der Waals surface area contributed by atoms with E-state index in [1.54, 1.807) is 5.32 Å². The predicted octanol–water partition coefficient (Wildman–Crippen LogP) is 1.92. The molecule has 1 aliphatic rings. The van der Waals surface area contributed by atoms with Crippen molar-refractivity contribution in [2.24, 2.45) is 0 Å². The molecule has 0 bridgehead atoms. The van der Waals surface area contributed by atoms with Crippen molar-refractivity contribution in [1.82, 2.24) is 42.4 Å². The highest BCUT2D eigenvalue weighted by molar-refractivity contribution is 7.99. The van der Waals surface area contributed by atoms with Crippen LogP contribution in [0.1, 0.15) is 137 Å². The molecule has 476 valence electrons. The molecule has 1 rings (SSSR count). The average Bonchev–Trinajstić information content (AvgIpc) is 3.59. The van der Waals surface area contributed by atoms with Crippen molar-refractivity contribution in [3.8, 4) is 0 Å². The SMILES string of the molecule is CB(O)NCCCCC(NC(=O)C(F)(F)F)C(=O)NCCCCCC(=O)NCCCCCC(=O)NCCCCCS[C@@H]1OC(COC(C)=O)[C@H](OC(C)=O)[C@H](OC(C)=O)C1NC(C)=O.CB(O)NCCCCC(NC(=O)C(F)(F)F)C(=O)O. The second kappa shape index (κ2) is 43.2. The minimum atomic E-state index is -5.13. The normalized spacial score (nSPS) is 17.4. The van der Waals surface area contributed by atoms with Gasteiger partial charge in [0.1, 0.15) is 36.3 Å². The van der Waals surface area contributed by atoms with Crippen molar-refractivity contribution in [2.45, 2.75) is 205 Å². The second-order valence-corrected chi connectivity index (χ2v) is 20.6. The van der Waals surface area contributed by atoms with Gasteiger partial charge in [0.15, 0.2) is 12.2 Å². The number of nitrogens with one attached hydrogen (secondary N) is 8. The topological polar surface area (TPSA) is 365 Å². The molecule has 7 atom stereocenters. The molecule has 0 spiro atoms. The van der Waals surface area contributed by atoms with Crippen LogP contribution in [0.4, 0.5) is 26.3 Å². The molecule has 0 aliphatic carbocycles. The van der Waals surface area contributed by atoms with Gasteiger partial charge in [-0.1, -0.05) is 19.3 Å². The van der Waals surface area contributed by atoms with E-state index in [1.165, 1.54) is 58.4 Å². The summed E-state index contributed by atoms with van der Waals surface area (Å²) in [6.07, 6.45) is -5.50. The minimum Gasteiger partial charge on any atom is -0.480 e. The number of rotatable bonds is 40. The largest absolute Gasteiger partial charge is 0.480 e. The maximum absolute atomic E-state index is 12.8. The molecule has 4 unspecified atom stereocenters. The van der Waals surface area contributed by atoms with Crippen LogP contribution in [0.2, 0.25) is 13.6 Å². The number of carbonyl (C=O) groups is 10. The molecule has 0 aromatic rings. The van der Waals surface area contributed by atoms with E-state index in [2.05, 4.69) is 31.7 Å². The van der Waals surface area contributed by atoms with Gasteiger partial charge in [0, 0.05) is 60.2 Å². The number of hydrogen-bond donors (Lipinski definition) is 11. The molecule has 34 heteroatoms. The molecule has 25 nitrogen and oxygen atoms in total. The molecular formula is C49H84B2F6N8O17S. The Labute approximate surface area is 484 Å². The number of carboxylic acid groups (broad SMARTS) is 1. The lowest BCUT2D eigenvalue weighted by atomic mass is 9.89. The fourth-order valence-electron chi connectivity index (χ4n) is 7.75. The summed E-state index contributed by atoms with van der Waals surface area (Å²) in [4.78, 5) is 117. The zero-order chi connectivity index (χ0) is 63.1. The summed E-state index contributed by atoms with van der Waals surface area (Å²) in [5.41, 5.74) is -0.736. The first-order chi connectivity index (χ1) is 38.8. The number of ether oxygens (including phenoxy) is 4. The van der Waals surface area contributed by atoms with Crippen molar-refractivity contribution in [3.05, 3.63) is 0 Å². The molecule has 0 radical (unpaired) electrons. The Morgan fingerprint density at radius 2 is 1.00 bits per heavy atom. The van der Waals surface area contributed by atoms with Crippen molar-refractivity contribution in [3.63, 3.8) is 0 Å². The van der Waals surface area contributed by atoms with Crippen LogP contribution < -0.4 is 42.4 Å². The lowest BCUT2D eigenvalue weighted by Crippen LogP contribution is -2.65. The summed E-state index contributed by atoms with van der Waals surface area (Å²) >= 11 is 1.36. The zero-order valence-corrected chi connectivity index (χ0v) is 48.7. The molecule has 6 amide bonds. The third-order valence-corrected chi connectivity index (χ3v) is 13.0. The molecule has 1 aliphatic heterocycles. The highest BCUT2D eigenvalue weighted by Crippen LogP contribution is 2.33. The van der Waals surface area contributed by atoms with Crippen molar-refractivity contribution >= 4 is 85.2 Å². The number of aliphatic carboxylic acids is 1. The molecule has 0 aromatic carbocycles. The first kappa shape index (κ1) is 77.6. The fraction of sp³-hybridized carbons (Fsp3) is 0.796. The van der Waals surface area contributed by atoms with Gasteiger partial charge in [0.25, 0.3) is 0 Å². The summed E-state index contributed by atoms with van der Waals surface area (Å²) in [5, 5.41) is 46.4. The number of esters is 3. The van der Waals surface area contributed by atoms with Crippen molar-refractivity contribution in [1.29, 1.82) is 0 Å². The number of carbonyl (C=O) groups excluding carboxylic acids is 9. The first-order valence-electron chi connectivity index (χ1n) is 27.5. The minimum absolute atomic E-state index is 0.00783. The third kappa shape index (κ3) is 39.7. The number of carboxylic acids is 1. The van der Waals surface area contributed by atoms with Crippen LogP contribution in [-0.4, -0.2) is 188 Å². The summed E-state index contributed by atoms with van der Waals surface area (Å²) in [5.74, 6) is -8.69. The highest BCUT2D eigenvalue weighted by Gasteiger charge is 2.51. The first-order valence-corrected chi connectivity index (χ1v) is 28.5. The van der Waals surface area contributed by atoms with E-state index in [4.69, 9.17) is 29.1 Å². The number of alkyl halides is 6. The molecule has 1 saturated heterocycles. The van der Waals surface area contributed by atoms with Crippen LogP contribution in [0, 0.1) is 0 Å². The summed E-state index contributed by atoms with van der Waals surface area (Å²) in [6.45, 7) is 9.51. The number of thioether (sulfide) groups is 1. The maximum atomic E-state index is 12.8. The van der Waals surface area contributed by atoms with E-state index in [1.807, 2.05) is 0 Å². The molecule has 1 heterocycles. The number of hydrogen-bond acceptors (Lipinski definition) is 19. The van der Waals surface area contributed by atoms with Gasteiger partial charge in [-0.05, 0) is 110 Å². The van der Waals surface area contributed by atoms with Gasteiger partial charge in [-0.15, -0.1) is 11.8 Å². The highest BCUT2D eigenvalue weighted by atomic mass is 32.2. The smallest absolute Gasteiger partial charge is 0.471 e. The van der Waals surface area contributed by atoms with Gasteiger partial charge in [-0.25, -0.2) is 4.79 Å². The van der Waals surface area contributed by atoms with Crippen molar-refractivity contribution < 1.29 is 108 Å². The summed E-state index contributed by atoms with van der Waals surface area (Å²) < 4.78 is 96.5. The molecule has 83 heavy (non-hydrogen) atoms. The van der Waals surface area contributed by atoms with Crippen LogP contribution in [-0.2, 0) is 66.9 Å². The van der Waals surface area contributed by atoms with Crippen LogP contribution >= 0.6 is 11.8 Å². The van der Waals surface area contributed by atoms with E-state index >= 15 is 0 Å². The standard InChI is InChI=1S/C40H68BF3N6O13S.C9H16BF3N2O4/c1-26(51)49-34-36(62-29(4)54)35(61-28(3)53)31(25-60-27(2)52)63-38(34)64-24-16-8-14-21-46-33(56)18-9-6-12-20-45-32(55)19-10-7-13-22-47-37(57)30(50-39(58)40(42,43)44)17-11-15-23-48-41(5)59;1-10(19)14-5-3-2-4-6(7(16)17)15-8(18)9(11,12)13/h30-31,34-36,38,48,59H,6-25H2,1-5H3,(H,45,55)(H,46,56)(H,47,57)(H,49,51)(H,50,58);6,14,19H,2-5H2,1H3,(H,15,18)(H,16,17)/t30?,31?,34?,35-,36+,38-;/m0./s1. The third-order valence-electron chi connectivity index (χ3n) is 11.7. The molecule has 1 fully saturated rings. The van der Waals surface area contributed by atoms with Gasteiger partial charge in [-0.2, -0.15) is 26.3 Å². The predicted molar refractivity (Wildman–Crippen MR) is 291 cm³/mol. The van der Waals surface area contributed by atoms with Gasteiger partial charge < -0.3 is 76.5 Å². The van der Waals surface area contributed by atoms with Gasteiger partial charge >= 0.3 is 62.1 Å². The Balaban J connectivity index is 0.00000299. The zero-order valence-electron chi connectivity index (χ0n) is 47.9. The van der Waals surface area contributed by atoms with E-state index in [0.29, 0.717) is 103 Å². The van der Waals surface area contributed by atoms with E-state index in [-0.39, 0.29) is 44.2 Å². The van der Waals surface area contributed by atoms with Crippen LogP contribution in [0.25, 0.3) is 0 Å². The number of amides is 6. The van der Waals surface area contributed by atoms with Crippen LogP contribution in [0.3, 0.4) is 0 Å². The lowest BCUT2D eigenvalue weighted by Gasteiger charge is -2.45. The van der Waals surface area contributed by atoms with E-state index in [0.717, 1.165) is 19.3 Å². The van der Waals surface area contributed by atoms with Gasteiger partial charge in [0.2, 0.25) is 23.6 Å². The van der Waals surface area contributed by atoms with E-state index < -0.39 is 116 Å². The number of unbranched alkanes of at least 4 members (excludes halogenated alkanes) is 8. The molecule has 0 aromatic heterocycles. The van der Waals surface area contributed by atoms with E-state index in [9.17, 15) is 79.3 Å². The van der Waals surface area contributed by atoms with Crippen LogP contribution in [0.15, 0.2) is 0 Å². The lowest BCUT2D eigenvalue weighted by molar-refractivity contribution is -0.211. The monoisotopic (exact) mass is 1220 g/mol.